The van der Waals surface area contributed by atoms with Gasteiger partial charge in [0.25, 0.3) is 0 Å². The van der Waals surface area contributed by atoms with Crippen molar-refractivity contribution in [2.24, 2.45) is 5.84 Å². The average Bonchev–Trinajstić information content (AvgIpc) is 2.47. The van der Waals surface area contributed by atoms with Crippen LogP contribution in [0, 0.1) is 0 Å². The first-order valence-electron chi connectivity index (χ1n) is 3.72. The highest BCUT2D eigenvalue weighted by atomic mass is 15.3. The van der Waals surface area contributed by atoms with E-state index in [1.54, 1.807) is 12.1 Å². The van der Waals surface area contributed by atoms with Crippen molar-refractivity contribution in [3.05, 3.63) is 12.1 Å². The molecule has 0 aliphatic carbocycles. The van der Waals surface area contributed by atoms with Crippen LogP contribution >= 0.6 is 0 Å². The average molecular weight is 178 g/mol. The van der Waals surface area contributed by atoms with Crippen LogP contribution < -0.4 is 22.7 Å². The molecule has 1 aromatic heterocycles. The number of hydrazine groups is 1. The van der Waals surface area contributed by atoms with Crippen LogP contribution in [0.1, 0.15) is 0 Å². The van der Waals surface area contributed by atoms with Gasteiger partial charge in [0.2, 0.25) is 0 Å². The SMILES string of the molecule is NNc1n[nH]c2c(N)cc(N)cc12. The molecule has 8 N–H and O–H groups in total. The molecule has 1 aromatic carbocycles. The van der Waals surface area contributed by atoms with Crippen molar-refractivity contribution >= 4 is 28.1 Å². The Bertz CT molecular complexity index is 445. The van der Waals surface area contributed by atoms with Crippen molar-refractivity contribution < 1.29 is 0 Å². The lowest BCUT2D eigenvalue weighted by Crippen LogP contribution is -2.07. The second kappa shape index (κ2) is 2.53. The Morgan fingerprint density at radius 2 is 2.08 bits per heavy atom. The molecule has 0 aliphatic heterocycles. The standard InChI is InChI=1S/C7H10N6/c8-3-1-4-6(5(9)2-3)12-13-7(4)11-10/h1-2H,8-10H2,(H2,11,12,13). The minimum atomic E-state index is 0.536. The maximum atomic E-state index is 5.71. The van der Waals surface area contributed by atoms with Crippen LogP contribution in [0.3, 0.4) is 0 Å². The largest absolute Gasteiger partial charge is 0.399 e. The van der Waals surface area contributed by atoms with E-state index in [1.807, 2.05) is 0 Å². The lowest BCUT2D eigenvalue weighted by Gasteiger charge is -1.99. The summed E-state index contributed by atoms with van der Waals surface area (Å²) in [6, 6.07) is 3.42. The first-order chi connectivity index (χ1) is 6.22. The second-order valence-electron chi connectivity index (χ2n) is 2.75. The van der Waals surface area contributed by atoms with Crippen molar-refractivity contribution in [3.63, 3.8) is 0 Å². The van der Waals surface area contributed by atoms with E-state index < -0.39 is 0 Å². The highest BCUT2D eigenvalue weighted by Crippen LogP contribution is 2.27. The van der Waals surface area contributed by atoms with E-state index in [1.165, 1.54) is 0 Å². The van der Waals surface area contributed by atoms with Gasteiger partial charge in [0, 0.05) is 11.1 Å². The Balaban J connectivity index is 2.82. The van der Waals surface area contributed by atoms with Gasteiger partial charge in [-0.15, -0.1) is 0 Å². The van der Waals surface area contributed by atoms with Crippen LogP contribution in [0.25, 0.3) is 10.9 Å². The monoisotopic (exact) mass is 178 g/mol. The fourth-order valence-corrected chi connectivity index (χ4v) is 1.28. The van der Waals surface area contributed by atoms with E-state index in [0.29, 0.717) is 17.2 Å². The van der Waals surface area contributed by atoms with Crippen molar-refractivity contribution in [1.82, 2.24) is 10.2 Å². The van der Waals surface area contributed by atoms with Crippen molar-refractivity contribution in [2.45, 2.75) is 0 Å². The molecular weight excluding hydrogens is 168 g/mol. The molecule has 6 nitrogen and oxygen atoms in total. The Morgan fingerprint density at radius 3 is 2.77 bits per heavy atom. The van der Waals surface area contributed by atoms with Crippen LogP contribution in [-0.4, -0.2) is 10.2 Å². The fraction of sp³-hybridized carbons (Fsp3) is 0. The number of hydrogen-bond acceptors (Lipinski definition) is 5. The van der Waals surface area contributed by atoms with Crippen LogP contribution in [0.2, 0.25) is 0 Å². The Kier molecular flexibility index (Phi) is 1.49. The van der Waals surface area contributed by atoms with Crippen LogP contribution in [0.5, 0.6) is 0 Å². The van der Waals surface area contributed by atoms with Gasteiger partial charge in [0.15, 0.2) is 5.82 Å². The summed E-state index contributed by atoms with van der Waals surface area (Å²) in [7, 11) is 0. The number of rotatable bonds is 1. The van der Waals surface area contributed by atoms with Crippen molar-refractivity contribution in [3.8, 4) is 0 Å². The Labute approximate surface area is 74.0 Å². The molecule has 0 atom stereocenters. The van der Waals surface area contributed by atoms with Gasteiger partial charge in [0.05, 0.1) is 11.2 Å². The third-order valence-electron chi connectivity index (χ3n) is 1.86. The molecule has 0 saturated carbocycles. The first kappa shape index (κ1) is 7.69. The molecule has 0 amide bonds. The zero-order valence-corrected chi connectivity index (χ0v) is 6.83. The highest BCUT2D eigenvalue weighted by molar-refractivity contribution is 5.99. The summed E-state index contributed by atoms with van der Waals surface area (Å²) in [5, 5.41) is 7.47. The quantitative estimate of drug-likeness (QED) is 0.239. The first-order valence-corrected chi connectivity index (χ1v) is 3.72. The third-order valence-corrected chi connectivity index (χ3v) is 1.86. The smallest absolute Gasteiger partial charge is 0.169 e. The minimum absolute atomic E-state index is 0.536. The summed E-state index contributed by atoms with van der Waals surface area (Å²) in [6.07, 6.45) is 0. The number of nitrogens with one attached hydrogen (secondary N) is 2. The number of nitrogens with two attached hydrogens (primary N) is 3. The van der Waals surface area contributed by atoms with Gasteiger partial charge < -0.3 is 16.9 Å². The van der Waals surface area contributed by atoms with Gasteiger partial charge in [-0.2, -0.15) is 5.10 Å². The maximum Gasteiger partial charge on any atom is 0.169 e. The molecule has 0 radical (unpaired) electrons. The van der Waals surface area contributed by atoms with Crippen LogP contribution in [-0.2, 0) is 0 Å². The summed E-state index contributed by atoms with van der Waals surface area (Å²) in [4.78, 5) is 0. The van der Waals surface area contributed by atoms with Gasteiger partial charge in [-0.3, -0.25) is 5.10 Å². The lowest BCUT2D eigenvalue weighted by molar-refractivity contribution is 1.10. The molecular formula is C7H10N6. The number of H-pyrrole nitrogens is 1. The maximum absolute atomic E-state index is 5.71. The minimum Gasteiger partial charge on any atom is -0.399 e. The van der Waals surface area contributed by atoms with E-state index in [0.717, 1.165) is 10.9 Å². The predicted molar refractivity (Wildman–Crippen MR) is 52.7 cm³/mol. The number of aromatic amines is 1. The number of nitrogen functional groups attached to an aromatic ring is 3. The van der Waals surface area contributed by atoms with E-state index in [2.05, 4.69) is 15.6 Å². The molecule has 0 aliphatic rings. The molecule has 13 heavy (non-hydrogen) atoms. The van der Waals surface area contributed by atoms with E-state index in [9.17, 15) is 0 Å². The molecule has 68 valence electrons. The summed E-state index contributed by atoms with van der Waals surface area (Å²) in [5.41, 5.74) is 15.7. The van der Waals surface area contributed by atoms with Gasteiger partial charge in [-0.25, -0.2) is 5.84 Å². The van der Waals surface area contributed by atoms with Gasteiger partial charge in [0.1, 0.15) is 0 Å². The summed E-state index contributed by atoms with van der Waals surface area (Å²) in [6.45, 7) is 0. The predicted octanol–water partition coefficient (Wildman–Crippen LogP) is 0.0129. The molecule has 2 aromatic rings. The van der Waals surface area contributed by atoms with E-state index in [4.69, 9.17) is 17.3 Å². The number of anilines is 3. The molecule has 0 spiro atoms. The molecule has 0 bridgehead atoms. The van der Waals surface area contributed by atoms with E-state index >= 15 is 0 Å². The Morgan fingerprint density at radius 1 is 1.31 bits per heavy atom. The fourth-order valence-electron chi connectivity index (χ4n) is 1.28. The van der Waals surface area contributed by atoms with Gasteiger partial charge >= 0.3 is 0 Å². The summed E-state index contributed by atoms with van der Waals surface area (Å²) in [5.74, 6) is 5.78. The summed E-state index contributed by atoms with van der Waals surface area (Å²) < 4.78 is 0. The lowest BCUT2D eigenvalue weighted by atomic mass is 10.2. The molecule has 0 fully saturated rings. The van der Waals surface area contributed by atoms with Crippen molar-refractivity contribution in [2.75, 3.05) is 16.9 Å². The van der Waals surface area contributed by atoms with Crippen molar-refractivity contribution in [1.29, 1.82) is 0 Å². The van der Waals surface area contributed by atoms with Crippen LogP contribution in [0.15, 0.2) is 12.1 Å². The molecule has 1 heterocycles. The number of nitrogens with zero attached hydrogens (tertiary/aromatic N) is 1. The zero-order chi connectivity index (χ0) is 9.42. The molecule has 6 heteroatoms. The topological polar surface area (TPSA) is 119 Å². The Hall–Kier alpha value is -1.95. The molecule has 2 rings (SSSR count). The number of fused-ring (bicyclic) bond motifs is 1. The number of hydrogen-bond donors (Lipinski definition) is 5. The van der Waals surface area contributed by atoms with Crippen LogP contribution in [0.4, 0.5) is 17.2 Å². The van der Waals surface area contributed by atoms with Gasteiger partial charge in [-0.1, -0.05) is 0 Å². The number of benzene rings is 1. The molecule has 0 unspecified atom stereocenters. The second-order valence-corrected chi connectivity index (χ2v) is 2.75. The zero-order valence-electron chi connectivity index (χ0n) is 6.83. The highest BCUT2D eigenvalue weighted by Gasteiger charge is 2.07. The molecule has 0 saturated heterocycles. The van der Waals surface area contributed by atoms with E-state index in [-0.39, 0.29) is 0 Å². The summed E-state index contributed by atoms with van der Waals surface area (Å²) >= 11 is 0. The van der Waals surface area contributed by atoms with Gasteiger partial charge in [-0.05, 0) is 12.1 Å². The third kappa shape index (κ3) is 1.04. The number of aromatic nitrogens is 2. The normalized spacial score (nSPS) is 10.5.